The third-order valence-corrected chi connectivity index (χ3v) is 6.32. The Morgan fingerprint density at radius 2 is 2.00 bits per heavy atom. The molecule has 1 aliphatic heterocycles. The van der Waals surface area contributed by atoms with Gasteiger partial charge in [-0.1, -0.05) is 13.0 Å². The summed E-state index contributed by atoms with van der Waals surface area (Å²) in [7, 11) is 0. The first-order chi connectivity index (χ1) is 12.0. The van der Waals surface area contributed by atoms with Crippen LogP contribution >= 0.6 is 0 Å². The van der Waals surface area contributed by atoms with E-state index in [2.05, 4.69) is 11.6 Å². The predicted octanol–water partition coefficient (Wildman–Crippen LogP) is 2.49. The molecule has 0 aromatic carbocycles. The molecule has 1 aliphatic carbocycles. The van der Waals surface area contributed by atoms with E-state index in [1.54, 1.807) is 6.26 Å². The number of pyridine rings is 1. The second-order valence-corrected chi connectivity index (χ2v) is 8.83. The van der Waals surface area contributed by atoms with E-state index in [-0.39, 0.29) is 23.7 Å². The van der Waals surface area contributed by atoms with Gasteiger partial charge in [-0.3, -0.25) is 4.79 Å². The van der Waals surface area contributed by atoms with E-state index < -0.39 is 11.4 Å². The molecule has 140 valence electrons. The molecule has 6 heteroatoms. The van der Waals surface area contributed by atoms with Crippen LogP contribution in [0.1, 0.15) is 56.3 Å². The lowest BCUT2D eigenvalue weighted by Crippen LogP contribution is -2.49. The zero-order valence-electron chi connectivity index (χ0n) is 15.5. The first-order valence-corrected chi connectivity index (χ1v) is 10.9. The summed E-state index contributed by atoms with van der Waals surface area (Å²) in [5, 5.41) is 0. The summed E-state index contributed by atoms with van der Waals surface area (Å²) in [5.41, 5.74) is 1.86. The van der Waals surface area contributed by atoms with Crippen LogP contribution in [0.25, 0.3) is 0 Å². The average molecular weight is 367 g/mol. The van der Waals surface area contributed by atoms with Crippen molar-refractivity contribution in [1.29, 1.82) is 0 Å². The van der Waals surface area contributed by atoms with Crippen molar-refractivity contribution in [3.8, 4) is 0 Å². The second kappa shape index (κ2) is 8.25. The quantitative estimate of drug-likeness (QED) is 0.813. The minimum absolute atomic E-state index is 0.000322. The zero-order chi connectivity index (χ0) is 18.0. The van der Waals surface area contributed by atoms with Crippen LogP contribution in [0.2, 0.25) is 0 Å². The molecule has 1 fully saturated rings. The Hall–Kier alpha value is -0.820. The van der Waals surface area contributed by atoms with Gasteiger partial charge in [-0.05, 0) is 57.4 Å². The smallest absolute Gasteiger partial charge is 0.254 e. The number of rotatable bonds is 5. The van der Waals surface area contributed by atoms with Gasteiger partial charge in [0.25, 0.3) is 5.56 Å². The Kier molecular flexibility index (Phi) is 6.25. The molecule has 3 rings (SSSR count). The topological polar surface area (TPSA) is 66.3 Å². The maximum absolute atomic E-state index is 12.8. The number of aryl methyl sites for hydroxylation is 2. The van der Waals surface area contributed by atoms with Crippen molar-refractivity contribution >= 4 is 11.4 Å². The largest absolute Gasteiger partial charge is 0.598 e. The van der Waals surface area contributed by atoms with Gasteiger partial charge in [-0.15, -0.1) is 4.72 Å². The summed E-state index contributed by atoms with van der Waals surface area (Å²) in [5.74, 6) is 0.789. The molecular weight excluding hydrogens is 336 g/mol. The Balaban J connectivity index is 1.79. The molecule has 1 aromatic rings. The van der Waals surface area contributed by atoms with Crippen LogP contribution in [-0.2, 0) is 22.5 Å². The summed E-state index contributed by atoms with van der Waals surface area (Å²) in [6.07, 6.45) is 8.25. The fourth-order valence-corrected chi connectivity index (χ4v) is 4.81. The summed E-state index contributed by atoms with van der Waals surface area (Å²) in [6.45, 7) is 4.65. The lowest BCUT2D eigenvalue weighted by atomic mass is 9.89. The molecular formula is C19H30N2O3S. The van der Waals surface area contributed by atoms with Crippen LogP contribution in [0.15, 0.2) is 16.9 Å². The van der Waals surface area contributed by atoms with Crippen molar-refractivity contribution in [3.63, 3.8) is 0 Å². The molecule has 2 heterocycles. The van der Waals surface area contributed by atoms with Gasteiger partial charge in [-0.25, -0.2) is 0 Å². The highest BCUT2D eigenvalue weighted by Gasteiger charge is 2.33. The molecule has 1 N–H and O–H groups in total. The third-order valence-electron chi connectivity index (χ3n) is 5.68. The number of nitrogens with one attached hydrogen (secondary N) is 1. The SMILES string of the molecule is Cc1ccc2n(c1=O)C(COC1CCC(C)CC1)C(N[S+](C)[O-])CC2. The van der Waals surface area contributed by atoms with Crippen LogP contribution in [-0.4, -0.2) is 34.1 Å². The van der Waals surface area contributed by atoms with E-state index in [0.717, 1.165) is 42.9 Å². The highest BCUT2D eigenvalue weighted by molar-refractivity contribution is 7.88. The van der Waals surface area contributed by atoms with Gasteiger partial charge in [0.15, 0.2) is 0 Å². The normalized spacial score (nSPS) is 30.7. The van der Waals surface area contributed by atoms with Crippen LogP contribution in [0.5, 0.6) is 0 Å². The molecule has 0 saturated heterocycles. The fourth-order valence-electron chi connectivity index (χ4n) is 4.11. The van der Waals surface area contributed by atoms with Gasteiger partial charge in [0.2, 0.25) is 0 Å². The molecule has 1 aromatic heterocycles. The standard InChI is InChI=1S/C19H30N2O3S/c1-13-4-9-16(10-5-13)24-12-18-17(20-25(3)23)11-8-15-7-6-14(2)19(22)21(15)18/h6-7,13,16-18,20H,4-5,8-12H2,1-3H3. The molecule has 2 aliphatic rings. The van der Waals surface area contributed by atoms with Crippen LogP contribution in [0, 0.1) is 12.8 Å². The fraction of sp³-hybridized carbons (Fsp3) is 0.737. The Morgan fingerprint density at radius 1 is 1.28 bits per heavy atom. The molecule has 25 heavy (non-hydrogen) atoms. The Morgan fingerprint density at radius 3 is 2.68 bits per heavy atom. The van der Waals surface area contributed by atoms with Gasteiger partial charge in [0, 0.05) is 22.6 Å². The monoisotopic (exact) mass is 366 g/mol. The Bertz CT molecular complexity index is 638. The minimum atomic E-state index is -1.11. The molecule has 0 radical (unpaired) electrons. The molecule has 0 spiro atoms. The highest BCUT2D eigenvalue weighted by Crippen LogP contribution is 2.29. The molecule has 5 nitrogen and oxygen atoms in total. The van der Waals surface area contributed by atoms with Gasteiger partial charge >= 0.3 is 0 Å². The number of nitrogens with zero attached hydrogens (tertiary/aromatic N) is 1. The van der Waals surface area contributed by atoms with Gasteiger partial charge in [-0.2, -0.15) is 0 Å². The number of ether oxygens (including phenoxy) is 1. The molecule has 3 unspecified atom stereocenters. The molecule has 0 amide bonds. The average Bonchev–Trinajstić information content (AvgIpc) is 2.58. The minimum Gasteiger partial charge on any atom is -0.598 e. The first kappa shape index (κ1) is 19.0. The van der Waals surface area contributed by atoms with Crippen molar-refractivity contribution in [1.82, 2.24) is 9.29 Å². The summed E-state index contributed by atoms with van der Waals surface area (Å²) in [4.78, 5) is 12.8. The molecule has 1 saturated carbocycles. The van der Waals surface area contributed by atoms with E-state index in [1.807, 2.05) is 23.6 Å². The van der Waals surface area contributed by atoms with Crippen molar-refractivity contribution in [2.75, 3.05) is 12.9 Å². The van der Waals surface area contributed by atoms with E-state index in [4.69, 9.17) is 4.74 Å². The second-order valence-electron chi connectivity index (χ2n) is 7.68. The van der Waals surface area contributed by atoms with Crippen molar-refractivity contribution < 1.29 is 9.29 Å². The summed E-state index contributed by atoms with van der Waals surface area (Å²) in [6, 6.07) is 3.85. The predicted molar refractivity (Wildman–Crippen MR) is 101 cm³/mol. The third kappa shape index (κ3) is 4.48. The van der Waals surface area contributed by atoms with Crippen molar-refractivity contribution in [2.24, 2.45) is 5.92 Å². The van der Waals surface area contributed by atoms with Gasteiger partial charge < -0.3 is 13.9 Å². The lowest BCUT2D eigenvalue weighted by Gasteiger charge is -2.36. The van der Waals surface area contributed by atoms with Gasteiger partial charge in [0.05, 0.1) is 24.8 Å². The van der Waals surface area contributed by atoms with Crippen molar-refractivity contribution in [2.45, 2.75) is 70.6 Å². The number of fused-ring (bicyclic) bond motifs is 1. The van der Waals surface area contributed by atoms with Crippen LogP contribution in [0.4, 0.5) is 0 Å². The molecule has 0 bridgehead atoms. The number of aromatic nitrogens is 1. The highest BCUT2D eigenvalue weighted by atomic mass is 32.2. The summed E-state index contributed by atoms with van der Waals surface area (Å²) < 4.78 is 23.0. The maximum Gasteiger partial charge on any atom is 0.254 e. The first-order valence-electron chi connectivity index (χ1n) is 9.38. The van der Waals surface area contributed by atoms with E-state index in [1.165, 1.54) is 12.8 Å². The van der Waals surface area contributed by atoms with Gasteiger partial charge in [0.1, 0.15) is 6.26 Å². The number of hydrogen-bond acceptors (Lipinski definition) is 4. The maximum atomic E-state index is 12.8. The van der Waals surface area contributed by atoms with E-state index in [9.17, 15) is 9.35 Å². The van der Waals surface area contributed by atoms with E-state index >= 15 is 0 Å². The van der Waals surface area contributed by atoms with Crippen LogP contribution < -0.4 is 10.3 Å². The lowest BCUT2D eigenvalue weighted by molar-refractivity contribution is -0.00538. The van der Waals surface area contributed by atoms with Crippen molar-refractivity contribution in [3.05, 3.63) is 33.7 Å². The molecule has 3 atom stereocenters. The summed E-state index contributed by atoms with van der Waals surface area (Å²) >= 11 is -1.11. The number of hydrogen-bond donors (Lipinski definition) is 1. The zero-order valence-corrected chi connectivity index (χ0v) is 16.3. The van der Waals surface area contributed by atoms with Crippen LogP contribution in [0.3, 0.4) is 0 Å². The Labute approximate surface area is 153 Å². The van der Waals surface area contributed by atoms with E-state index in [0.29, 0.717) is 6.61 Å².